The zero-order valence-corrected chi connectivity index (χ0v) is 11.1. The summed E-state index contributed by atoms with van der Waals surface area (Å²) < 4.78 is 4.74. The van der Waals surface area contributed by atoms with Crippen LogP contribution in [0.25, 0.3) is 0 Å². The second-order valence-electron chi connectivity index (χ2n) is 4.41. The highest BCUT2D eigenvalue weighted by Gasteiger charge is 2.27. The lowest BCUT2D eigenvalue weighted by Crippen LogP contribution is -2.47. The molecule has 1 heterocycles. The Kier molecular flexibility index (Phi) is 6.11. The van der Waals surface area contributed by atoms with Crippen molar-refractivity contribution in [3.05, 3.63) is 0 Å². The van der Waals surface area contributed by atoms with Crippen LogP contribution in [-0.2, 0) is 14.3 Å². The number of carbonyl (C=O) groups excluding carboxylic acids is 2. The molecule has 0 aromatic heterocycles. The molecule has 1 fully saturated rings. The van der Waals surface area contributed by atoms with Crippen LogP contribution in [0, 0.1) is 5.92 Å². The zero-order chi connectivity index (χ0) is 14.3. The third kappa shape index (κ3) is 5.15. The second kappa shape index (κ2) is 7.60. The van der Waals surface area contributed by atoms with Gasteiger partial charge in [-0.1, -0.05) is 0 Å². The molecule has 1 rings (SSSR count). The van der Waals surface area contributed by atoms with Gasteiger partial charge in [0.05, 0.1) is 18.9 Å². The number of esters is 1. The number of carboxylic acids is 1. The van der Waals surface area contributed by atoms with Crippen molar-refractivity contribution < 1.29 is 24.2 Å². The van der Waals surface area contributed by atoms with Gasteiger partial charge in [-0.05, 0) is 19.8 Å². The Morgan fingerprint density at radius 3 is 2.79 bits per heavy atom. The number of ether oxygens (including phenoxy) is 1. The molecule has 108 valence electrons. The maximum Gasteiger partial charge on any atom is 0.317 e. The van der Waals surface area contributed by atoms with Crippen molar-refractivity contribution in [3.63, 3.8) is 0 Å². The first-order chi connectivity index (χ1) is 9.04. The lowest BCUT2D eigenvalue weighted by atomic mass is 9.99. The monoisotopic (exact) mass is 272 g/mol. The SMILES string of the molecule is CCOC(=O)CCNC(=O)N1CCCC(C(=O)O)C1. The first kappa shape index (κ1) is 15.3. The molecule has 1 aliphatic rings. The highest BCUT2D eigenvalue weighted by atomic mass is 16.5. The van der Waals surface area contributed by atoms with Gasteiger partial charge in [-0.2, -0.15) is 0 Å². The summed E-state index contributed by atoms with van der Waals surface area (Å²) in [5, 5.41) is 11.5. The molecule has 7 nitrogen and oxygen atoms in total. The Hall–Kier alpha value is -1.79. The maximum absolute atomic E-state index is 11.8. The summed E-state index contributed by atoms with van der Waals surface area (Å²) in [6.07, 6.45) is 1.40. The predicted octanol–water partition coefficient (Wildman–Crippen LogP) is 0.446. The molecular formula is C12H20N2O5. The van der Waals surface area contributed by atoms with E-state index in [1.165, 1.54) is 4.90 Å². The van der Waals surface area contributed by atoms with Crippen LogP contribution in [0.15, 0.2) is 0 Å². The lowest BCUT2D eigenvalue weighted by molar-refractivity contribution is -0.143. The van der Waals surface area contributed by atoms with Crippen LogP contribution in [0.5, 0.6) is 0 Å². The minimum absolute atomic E-state index is 0.121. The molecule has 0 spiro atoms. The van der Waals surface area contributed by atoms with Gasteiger partial charge in [0.25, 0.3) is 0 Å². The minimum atomic E-state index is -0.871. The fraction of sp³-hybridized carbons (Fsp3) is 0.750. The number of carbonyl (C=O) groups is 3. The van der Waals surface area contributed by atoms with Crippen LogP contribution in [0.2, 0.25) is 0 Å². The topological polar surface area (TPSA) is 95.9 Å². The van der Waals surface area contributed by atoms with Gasteiger partial charge >= 0.3 is 18.0 Å². The summed E-state index contributed by atoms with van der Waals surface area (Å²) in [6.45, 7) is 3.01. The molecule has 0 aromatic rings. The van der Waals surface area contributed by atoms with E-state index >= 15 is 0 Å². The molecule has 0 bridgehead atoms. The van der Waals surface area contributed by atoms with Gasteiger partial charge in [-0.15, -0.1) is 0 Å². The number of hydrogen-bond acceptors (Lipinski definition) is 4. The number of carboxylic acid groups (broad SMARTS) is 1. The van der Waals surface area contributed by atoms with E-state index in [1.54, 1.807) is 6.92 Å². The van der Waals surface area contributed by atoms with Gasteiger partial charge in [0.1, 0.15) is 0 Å². The Balaban J connectivity index is 2.29. The fourth-order valence-corrected chi connectivity index (χ4v) is 1.98. The Morgan fingerprint density at radius 1 is 1.42 bits per heavy atom. The quantitative estimate of drug-likeness (QED) is 0.708. The van der Waals surface area contributed by atoms with Gasteiger partial charge in [-0.3, -0.25) is 9.59 Å². The Bertz CT molecular complexity index is 345. The molecule has 0 aromatic carbocycles. The van der Waals surface area contributed by atoms with Gasteiger partial charge in [-0.25, -0.2) is 4.79 Å². The number of piperidine rings is 1. The van der Waals surface area contributed by atoms with Crippen LogP contribution in [0.3, 0.4) is 0 Å². The van der Waals surface area contributed by atoms with E-state index in [-0.39, 0.29) is 31.5 Å². The highest BCUT2D eigenvalue weighted by Crippen LogP contribution is 2.16. The van der Waals surface area contributed by atoms with Crippen molar-refractivity contribution in [2.75, 3.05) is 26.2 Å². The molecule has 1 unspecified atom stereocenters. The summed E-state index contributed by atoms with van der Waals surface area (Å²) >= 11 is 0. The van der Waals surface area contributed by atoms with Crippen LogP contribution < -0.4 is 5.32 Å². The predicted molar refractivity (Wildman–Crippen MR) is 66.6 cm³/mol. The van der Waals surface area contributed by atoms with Crippen LogP contribution in [0.1, 0.15) is 26.2 Å². The maximum atomic E-state index is 11.8. The highest BCUT2D eigenvalue weighted by molar-refractivity contribution is 5.77. The van der Waals surface area contributed by atoms with E-state index in [2.05, 4.69) is 5.32 Å². The van der Waals surface area contributed by atoms with Crippen molar-refractivity contribution >= 4 is 18.0 Å². The van der Waals surface area contributed by atoms with E-state index < -0.39 is 11.9 Å². The summed E-state index contributed by atoms with van der Waals surface area (Å²) in [6, 6.07) is -0.324. The van der Waals surface area contributed by atoms with E-state index in [9.17, 15) is 14.4 Å². The number of urea groups is 1. The van der Waals surface area contributed by atoms with Crippen molar-refractivity contribution in [2.45, 2.75) is 26.2 Å². The van der Waals surface area contributed by atoms with Crippen molar-refractivity contribution in [3.8, 4) is 0 Å². The van der Waals surface area contributed by atoms with Crippen molar-refractivity contribution in [2.24, 2.45) is 5.92 Å². The number of aliphatic carboxylic acids is 1. The smallest absolute Gasteiger partial charge is 0.317 e. The third-order valence-electron chi connectivity index (χ3n) is 2.97. The molecule has 1 saturated heterocycles. The standard InChI is InChI=1S/C12H20N2O5/c1-2-19-10(15)5-6-13-12(18)14-7-3-4-9(8-14)11(16)17/h9H,2-8H2,1H3,(H,13,18)(H,16,17). The van der Waals surface area contributed by atoms with Crippen molar-refractivity contribution in [1.82, 2.24) is 10.2 Å². The lowest BCUT2D eigenvalue weighted by Gasteiger charge is -2.30. The van der Waals surface area contributed by atoms with Crippen LogP contribution >= 0.6 is 0 Å². The number of hydrogen-bond donors (Lipinski definition) is 2. The molecule has 1 atom stereocenters. The first-order valence-electron chi connectivity index (χ1n) is 6.45. The molecular weight excluding hydrogens is 252 g/mol. The molecule has 0 saturated carbocycles. The van der Waals surface area contributed by atoms with Crippen LogP contribution in [0.4, 0.5) is 4.79 Å². The van der Waals surface area contributed by atoms with E-state index in [0.29, 0.717) is 26.0 Å². The Labute approximate surface area is 111 Å². The number of likely N-dealkylation sites (tertiary alicyclic amines) is 1. The normalized spacial score (nSPS) is 18.8. The van der Waals surface area contributed by atoms with E-state index in [4.69, 9.17) is 9.84 Å². The number of rotatable bonds is 5. The van der Waals surface area contributed by atoms with E-state index in [0.717, 1.165) is 0 Å². The molecule has 19 heavy (non-hydrogen) atoms. The third-order valence-corrected chi connectivity index (χ3v) is 2.97. The molecule has 1 aliphatic heterocycles. The molecule has 7 heteroatoms. The van der Waals surface area contributed by atoms with Gasteiger partial charge < -0.3 is 20.1 Å². The summed E-state index contributed by atoms with van der Waals surface area (Å²) in [4.78, 5) is 35.2. The number of amides is 2. The first-order valence-corrected chi connectivity index (χ1v) is 6.45. The summed E-state index contributed by atoms with van der Waals surface area (Å²) in [5.41, 5.74) is 0. The summed E-state index contributed by atoms with van der Waals surface area (Å²) in [7, 11) is 0. The van der Waals surface area contributed by atoms with Crippen LogP contribution in [-0.4, -0.2) is 54.2 Å². The fourth-order valence-electron chi connectivity index (χ4n) is 1.98. The number of nitrogens with one attached hydrogen (secondary N) is 1. The second-order valence-corrected chi connectivity index (χ2v) is 4.41. The summed E-state index contributed by atoms with van der Waals surface area (Å²) in [5.74, 6) is -1.72. The van der Waals surface area contributed by atoms with Gasteiger partial charge in [0, 0.05) is 19.6 Å². The van der Waals surface area contributed by atoms with Crippen molar-refractivity contribution in [1.29, 1.82) is 0 Å². The number of nitrogens with zero attached hydrogens (tertiary/aromatic N) is 1. The van der Waals surface area contributed by atoms with E-state index in [1.807, 2.05) is 0 Å². The zero-order valence-electron chi connectivity index (χ0n) is 11.1. The molecule has 0 radical (unpaired) electrons. The van der Waals surface area contributed by atoms with Gasteiger partial charge in [0.15, 0.2) is 0 Å². The average molecular weight is 272 g/mol. The van der Waals surface area contributed by atoms with Gasteiger partial charge in [0.2, 0.25) is 0 Å². The average Bonchev–Trinajstić information content (AvgIpc) is 2.39. The molecule has 2 N–H and O–H groups in total. The Morgan fingerprint density at radius 2 is 2.16 bits per heavy atom. The molecule has 2 amide bonds. The largest absolute Gasteiger partial charge is 0.481 e. The minimum Gasteiger partial charge on any atom is -0.481 e. The molecule has 0 aliphatic carbocycles.